The van der Waals surface area contributed by atoms with Crippen LogP contribution in [0.3, 0.4) is 0 Å². The molecule has 0 spiro atoms. The number of ether oxygens (including phenoxy) is 1. The molecule has 0 aliphatic rings. The molecular formula is C19H27N3O6. The van der Waals surface area contributed by atoms with Gasteiger partial charge in [0.15, 0.2) is 0 Å². The lowest BCUT2D eigenvalue weighted by molar-refractivity contribution is -0.142. The van der Waals surface area contributed by atoms with Crippen molar-refractivity contribution in [2.75, 3.05) is 6.54 Å². The minimum atomic E-state index is -1.12. The molecule has 0 fully saturated rings. The maximum atomic E-state index is 12.1. The lowest BCUT2D eigenvalue weighted by atomic mass is 10.1. The summed E-state index contributed by atoms with van der Waals surface area (Å²) in [6, 6.07) is 7.11. The first kappa shape index (κ1) is 22.9. The molecule has 0 heterocycles. The number of hydrogen-bond donors (Lipinski definition) is 4. The third-order valence-corrected chi connectivity index (χ3v) is 3.84. The number of aliphatic carboxylic acids is 1. The molecule has 0 radical (unpaired) electrons. The van der Waals surface area contributed by atoms with Crippen molar-refractivity contribution >= 4 is 23.9 Å². The van der Waals surface area contributed by atoms with Crippen LogP contribution in [-0.2, 0) is 25.7 Å². The van der Waals surface area contributed by atoms with Crippen molar-refractivity contribution in [3.8, 4) is 0 Å². The Morgan fingerprint density at radius 3 is 2.39 bits per heavy atom. The largest absolute Gasteiger partial charge is 0.480 e. The molecular weight excluding hydrogens is 366 g/mol. The Labute approximate surface area is 163 Å². The fraction of sp³-hybridized carbons (Fsp3) is 0.474. The van der Waals surface area contributed by atoms with E-state index in [1.807, 2.05) is 25.1 Å². The molecule has 2 atom stereocenters. The number of carbonyl (C=O) groups excluding carboxylic acids is 3. The van der Waals surface area contributed by atoms with E-state index in [2.05, 4.69) is 16.0 Å². The number of rotatable bonds is 11. The van der Waals surface area contributed by atoms with E-state index in [0.717, 1.165) is 12.0 Å². The van der Waals surface area contributed by atoms with Crippen LogP contribution in [0, 0.1) is 0 Å². The average Bonchev–Trinajstić information content (AvgIpc) is 2.68. The van der Waals surface area contributed by atoms with Crippen molar-refractivity contribution in [2.45, 2.75) is 51.8 Å². The van der Waals surface area contributed by atoms with Gasteiger partial charge in [0.05, 0.1) is 0 Å². The van der Waals surface area contributed by atoms with Crippen LogP contribution in [0.5, 0.6) is 0 Å². The fourth-order valence-electron chi connectivity index (χ4n) is 2.25. The van der Waals surface area contributed by atoms with E-state index in [9.17, 15) is 19.2 Å². The first-order chi connectivity index (χ1) is 13.3. The third kappa shape index (κ3) is 9.02. The molecule has 0 aliphatic heterocycles. The zero-order valence-electron chi connectivity index (χ0n) is 16.1. The summed E-state index contributed by atoms with van der Waals surface area (Å²) in [6.07, 6.45) is 1.01. The molecule has 0 aliphatic carbocycles. The number of benzene rings is 1. The minimum Gasteiger partial charge on any atom is -0.480 e. The number of amides is 3. The highest BCUT2D eigenvalue weighted by Gasteiger charge is 2.23. The van der Waals surface area contributed by atoms with Crippen molar-refractivity contribution in [2.24, 2.45) is 0 Å². The lowest BCUT2D eigenvalue weighted by Crippen LogP contribution is -2.51. The van der Waals surface area contributed by atoms with E-state index in [1.165, 1.54) is 6.92 Å². The van der Waals surface area contributed by atoms with Crippen molar-refractivity contribution in [3.63, 3.8) is 0 Å². The van der Waals surface area contributed by atoms with Gasteiger partial charge in [0.1, 0.15) is 25.2 Å². The summed E-state index contributed by atoms with van der Waals surface area (Å²) in [5.41, 5.74) is 0.809. The van der Waals surface area contributed by atoms with E-state index < -0.39 is 36.0 Å². The van der Waals surface area contributed by atoms with Crippen LogP contribution in [-0.4, -0.2) is 47.6 Å². The number of carboxylic acid groups (broad SMARTS) is 1. The number of carboxylic acids is 1. The molecule has 3 amide bonds. The van der Waals surface area contributed by atoms with Gasteiger partial charge < -0.3 is 25.8 Å². The number of alkyl carbamates (subject to hydrolysis) is 1. The highest BCUT2D eigenvalue weighted by atomic mass is 16.5. The van der Waals surface area contributed by atoms with Gasteiger partial charge in [-0.2, -0.15) is 0 Å². The van der Waals surface area contributed by atoms with Gasteiger partial charge in [0, 0.05) is 0 Å². The van der Waals surface area contributed by atoms with Gasteiger partial charge in [0.25, 0.3) is 0 Å². The second kappa shape index (κ2) is 12.3. The maximum absolute atomic E-state index is 12.1. The van der Waals surface area contributed by atoms with Crippen molar-refractivity contribution < 1.29 is 29.0 Å². The van der Waals surface area contributed by atoms with Gasteiger partial charge in [-0.05, 0) is 18.9 Å². The molecule has 9 nitrogen and oxygen atoms in total. The van der Waals surface area contributed by atoms with Gasteiger partial charge in [-0.15, -0.1) is 0 Å². The molecule has 28 heavy (non-hydrogen) atoms. The molecule has 4 N–H and O–H groups in total. The Kier molecular flexibility index (Phi) is 10.1. The van der Waals surface area contributed by atoms with Gasteiger partial charge in [-0.25, -0.2) is 9.59 Å². The molecule has 0 aromatic heterocycles. The monoisotopic (exact) mass is 393 g/mol. The fourth-order valence-corrected chi connectivity index (χ4v) is 2.25. The number of nitrogens with one attached hydrogen (secondary N) is 3. The standard InChI is InChI=1S/C19H27N3O6/c1-3-4-10-15(18(25)26)22-17(24)13(2)21-16(23)11-20-19(27)28-12-14-8-6-5-7-9-14/h5-9,13,15H,3-4,10-12H2,1-2H3,(H,20,27)(H,21,23)(H,22,24)(H,25,26)/t13-,15+/m0/s1. The maximum Gasteiger partial charge on any atom is 0.407 e. The smallest absolute Gasteiger partial charge is 0.407 e. The molecule has 0 bridgehead atoms. The van der Waals surface area contributed by atoms with Gasteiger partial charge in [-0.1, -0.05) is 50.1 Å². The minimum absolute atomic E-state index is 0.0709. The van der Waals surface area contributed by atoms with Crippen LogP contribution in [0.15, 0.2) is 30.3 Å². The molecule has 9 heteroatoms. The molecule has 0 saturated carbocycles. The Morgan fingerprint density at radius 1 is 1.11 bits per heavy atom. The zero-order valence-corrected chi connectivity index (χ0v) is 16.1. The summed E-state index contributed by atoms with van der Waals surface area (Å²) in [7, 11) is 0. The first-order valence-electron chi connectivity index (χ1n) is 9.10. The second-order valence-electron chi connectivity index (χ2n) is 6.25. The Balaban J connectivity index is 2.33. The highest BCUT2D eigenvalue weighted by Crippen LogP contribution is 2.02. The topological polar surface area (TPSA) is 134 Å². The van der Waals surface area contributed by atoms with Crippen LogP contribution in [0.2, 0.25) is 0 Å². The summed E-state index contributed by atoms with van der Waals surface area (Å²) in [6.45, 7) is 3.05. The Hall–Kier alpha value is -3.10. The summed E-state index contributed by atoms with van der Waals surface area (Å²) < 4.78 is 4.97. The predicted molar refractivity (Wildman–Crippen MR) is 101 cm³/mol. The Bertz CT molecular complexity index is 665. The van der Waals surface area contributed by atoms with Crippen molar-refractivity contribution in [1.29, 1.82) is 0 Å². The van der Waals surface area contributed by atoms with Crippen LogP contribution in [0.1, 0.15) is 38.7 Å². The molecule has 1 rings (SSSR count). The van der Waals surface area contributed by atoms with Gasteiger partial charge in [-0.3, -0.25) is 9.59 Å². The third-order valence-electron chi connectivity index (χ3n) is 3.84. The summed E-state index contributed by atoms with van der Waals surface area (Å²) in [5.74, 6) is -2.33. The number of carbonyl (C=O) groups is 4. The van der Waals surface area contributed by atoms with E-state index in [4.69, 9.17) is 9.84 Å². The van der Waals surface area contributed by atoms with Crippen LogP contribution in [0.25, 0.3) is 0 Å². The first-order valence-corrected chi connectivity index (χ1v) is 9.10. The van der Waals surface area contributed by atoms with E-state index in [-0.39, 0.29) is 13.2 Å². The van der Waals surface area contributed by atoms with Gasteiger partial charge >= 0.3 is 12.1 Å². The number of unbranched alkanes of at least 4 members (excludes halogenated alkanes) is 1. The Morgan fingerprint density at radius 2 is 1.79 bits per heavy atom. The molecule has 1 aromatic carbocycles. The molecule has 0 saturated heterocycles. The van der Waals surface area contributed by atoms with Crippen molar-refractivity contribution in [1.82, 2.24) is 16.0 Å². The predicted octanol–water partition coefficient (Wildman–Crippen LogP) is 1.18. The summed E-state index contributed by atoms with van der Waals surface area (Å²) in [5, 5.41) is 16.2. The van der Waals surface area contributed by atoms with E-state index in [0.29, 0.717) is 12.8 Å². The van der Waals surface area contributed by atoms with Crippen molar-refractivity contribution in [3.05, 3.63) is 35.9 Å². The van der Waals surface area contributed by atoms with E-state index >= 15 is 0 Å². The summed E-state index contributed by atoms with van der Waals surface area (Å²) in [4.78, 5) is 46.7. The molecule has 154 valence electrons. The van der Waals surface area contributed by atoms with Crippen LogP contribution < -0.4 is 16.0 Å². The summed E-state index contributed by atoms with van der Waals surface area (Å²) >= 11 is 0. The average molecular weight is 393 g/mol. The lowest BCUT2D eigenvalue weighted by Gasteiger charge is -2.18. The van der Waals surface area contributed by atoms with Gasteiger partial charge in [0.2, 0.25) is 11.8 Å². The highest BCUT2D eigenvalue weighted by molar-refractivity contribution is 5.91. The normalized spacial score (nSPS) is 12.4. The van der Waals surface area contributed by atoms with Crippen LogP contribution in [0.4, 0.5) is 4.79 Å². The zero-order chi connectivity index (χ0) is 20.9. The quantitative estimate of drug-likeness (QED) is 0.446. The molecule has 1 aromatic rings. The second-order valence-corrected chi connectivity index (χ2v) is 6.25. The SMILES string of the molecule is CCCC[C@@H](NC(=O)[C@H](C)NC(=O)CNC(=O)OCc1ccccc1)C(=O)O. The number of hydrogen-bond acceptors (Lipinski definition) is 5. The van der Waals surface area contributed by atoms with Crippen LogP contribution >= 0.6 is 0 Å². The molecule has 0 unspecified atom stereocenters. The van der Waals surface area contributed by atoms with E-state index in [1.54, 1.807) is 12.1 Å².